The van der Waals surface area contributed by atoms with Gasteiger partial charge in [0.05, 0.1) is 13.0 Å². The van der Waals surface area contributed by atoms with E-state index >= 15 is 0 Å². The zero-order chi connectivity index (χ0) is 27.1. The van der Waals surface area contributed by atoms with E-state index in [1.54, 1.807) is 0 Å². The summed E-state index contributed by atoms with van der Waals surface area (Å²) in [4.78, 5) is 23.0. The number of carbonyl (C=O) groups excluding carboxylic acids is 1. The summed E-state index contributed by atoms with van der Waals surface area (Å²) in [5, 5.41) is 9.19. The first kappa shape index (κ1) is 37.8. The molecule has 1 unspecified atom stereocenters. The summed E-state index contributed by atoms with van der Waals surface area (Å²) in [5.74, 6) is 0. The second-order valence-electron chi connectivity index (χ2n) is 10.3. The minimum Gasteiger partial charge on any atom is -0.622 e. The van der Waals surface area contributed by atoms with Crippen LogP contribution in [0.1, 0.15) is 168 Å². The molecule has 0 saturated carbocycles. The third-order valence-electron chi connectivity index (χ3n) is 6.70. The van der Waals surface area contributed by atoms with Gasteiger partial charge in [0.1, 0.15) is 0 Å². The highest BCUT2D eigenvalue weighted by molar-refractivity contribution is 7.68. The SMILES string of the molecule is CCCCCCCCCCCCCCCC(=O)/[P+]([O-])=C(\O)CN.CCCCCCCCCCCCN. The standard InChI is InChI=1S/C18H36NO3P.C12H27N/c1-2-3-4-5-6-7-8-9-10-11-12-13-14-15-17(20)23(22)18(21)16-19;1-2-3-4-5-6-7-8-9-10-11-12-13/h21H,2-16,19H2,1H3;2-13H2,1H3. The first-order valence-electron chi connectivity index (χ1n) is 15.5. The summed E-state index contributed by atoms with van der Waals surface area (Å²) in [7, 11) is -2.29. The number of hydrogen-bond acceptors (Lipinski definition) is 4. The van der Waals surface area contributed by atoms with Gasteiger partial charge in [-0.05, 0) is 19.4 Å². The second kappa shape index (κ2) is 32.7. The molecule has 0 aliphatic heterocycles. The first-order valence-corrected chi connectivity index (χ1v) is 16.8. The molecule has 0 aromatic heterocycles. The highest BCUT2D eigenvalue weighted by Crippen LogP contribution is 2.19. The van der Waals surface area contributed by atoms with Crippen LogP contribution in [0.3, 0.4) is 0 Å². The van der Waals surface area contributed by atoms with Crippen LogP contribution in [0.5, 0.6) is 0 Å². The van der Waals surface area contributed by atoms with Gasteiger partial charge < -0.3 is 21.5 Å². The van der Waals surface area contributed by atoms with Gasteiger partial charge in [0, 0.05) is 0 Å². The highest BCUT2D eigenvalue weighted by Gasteiger charge is 2.16. The van der Waals surface area contributed by atoms with Crippen molar-refractivity contribution in [3.05, 3.63) is 0 Å². The number of aliphatic hydroxyl groups excluding tert-OH is 1. The van der Waals surface area contributed by atoms with E-state index in [2.05, 4.69) is 13.8 Å². The van der Waals surface area contributed by atoms with Crippen molar-refractivity contribution < 1.29 is 14.8 Å². The molecule has 0 aliphatic rings. The van der Waals surface area contributed by atoms with Crippen molar-refractivity contribution in [3.8, 4) is 0 Å². The molecular weight excluding hydrogens is 467 g/mol. The van der Waals surface area contributed by atoms with E-state index in [1.807, 2.05) is 0 Å². The highest BCUT2D eigenvalue weighted by atomic mass is 31.1. The second-order valence-corrected chi connectivity index (χ2v) is 11.9. The third kappa shape index (κ3) is 29.9. The van der Waals surface area contributed by atoms with Crippen molar-refractivity contribution in [3.63, 3.8) is 0 Å². The van der Waals surface area contributed by atoms with Crippen LogP contribution in [0.15, 0.2) is 0 Å². The zero-order valence-corrected chi connectivity index (χ0v) is 25.1. The molecule has 0 radical (unpaired) electrons. The molecule has 5 nitrogen and oxygen atoms in total. The molecule has 0 saturated heterocycles. The normalized spacial score (nSPS) is 11.7. The Labute approximate surface area is 226 Å². The van der Waals surface area contributed by atoms with Crippen LogP contribution in [-0.4, -0.2) is 29.2 Å². The third-order valence-corrected chi connectivity index (χ3v) is 8.02. The van der Waals surface area contributed by atoms with Crippen molar-refractivity contribution in [1.29, 1.82) is 0 Å². The van der Waals surface area contributed by atoms with E-state index in [1.165, 1.54) is 128 Å². The van der Waals surface area contributed by atoms with Crippen molar-refractivity contribution in [2.45, 2.75) is 168 Å². The Morgan fingerprint density at radius 2 is 0.889 bits per heavy atom. The lowest BCUT2D eigenvalue weighted by molar-refractivity contribution is -0.159. The fraction of sp³-hybridized carbons (Fsp3) is 0.933. The maximum absolute atomic E-state index is 11.5. The van der Waals surface area contributed by atoms with Crippen molar-refractivity contribution in [2.75, 3.05) is 13.1 Å². The van der Waals surface area contributed by atoms with Crippen LogP contribution in [0.25, 0.3) is 0 Å². The summed E-state index contributed by atoms with van der Waals surface area (Å²) >= 11 is 0. The molecule has 0 fully saturated rings. The Balaban J connectivity index is 0. The van der Waals surface area contributed by atoms with E-state index in [0.29, 0.717) is 0 Å². The van der Waals surface area contributed by atoms with E-state index in [4.69, 9.17) is 11.5 Å². The molecule has 0 aliphatic carbocycles. The Kier molecular flexibility index (Phi) is 34.4. The predicted octanol–water partition coefficient (Wildman–Crippen LogP) is 8.08. The maximum atomic E-state index is 11.5. The molecule has 6 heteroatoms. The van der Waals surface area contributed by atoms with Gasteiger partial charge in [0.25, 0.3) is 0 Å². The molecule has 0 bridgehead atoms. The lowest BCUT2D eigenvalue weighted by Gasteiger charge is -2.03. The van der Waals surface area contributed by atoms with Gasteiger partial charge in [-0.3, -0.25) is 0 Å². The van der Waals surface area contributed by atoms with Gasteiger partial charge in [-0.25, -0.2) is 4.79 Å². The van der Waals surface area contributed by atoms with E-state index in [0.717, 1.165) is 25.8 Å². The van der Waals surface area contributed by atoms with E-state index < -0.39 is 7.77 Å². The monoisotopic (exact) mass is 530 g/mol. The average Bonchev–Trinajstić information content (AvgIpc) is 2.89. The maximum Gasteiger partial charge on any atom is 0.321 e. The Morgan fingerprint density at radius 3 is 1.19 bits per heavy atom. The van der Waals surface area contributed by atoms with E-state index in [-0.39, 0.29) is 24.0 Å². The fourth-order valence-corrected chi connectivity index (χ4v) is 5.07. The molecule has 5 N–H and O–H groups in total. The Bertz CT molecular complexity index is 477. The van der Waals surface area contributed by atoms with Crippen molar-refractivity contribution in [1.82, 2.24) is 0 Å². The summed E-state index contributed by atoms with van der Waals surface area (Å²) in [6.45, 7) is 5.20. The van der Waals surface area contributed by atoms with Gasteiger partial charge in [-0.2, -0.15) is 0 Å². The van der Waals surface area contributed by atoms with Crippen molar-refractivity contribution >= 4 is 18.8 Å². The van der Waals surface area contributed by atoms with Crippen LogP contribution < -0.4 is 16.4 Å². The molecule has 36 heavy (non-hydrogen) atoms. The fourth-order valence-electron chi connectivity index (χ4n) is 4.25. The first-order chi connectivity index (χ1) is 17.5. The smallest absolute Gasteiger partial charge is 0.321 e. The van der Waals surface area contributed by atoms with Gasteiger partial charge in [0.2, 0.25) is 5.48 Å². The molecule has 1 atom stereocenters. The molecule has 0 aromatic carbocycles. The topological polar surface area (TPSA) is 112 Å². The zero-order valence-electron chi connectivity index (χ0n) is 24.3. The molecule has 216 valence electrons. The van der Waals surface area contributed by atoms with Gasteiger partial charge in [-0.1, -0.05) is 149 Å². The number of carbonyl (C=O) groups is 1. The molecule has 0 rings (SSSR count). The minimum atomic E-state index is -2.29. The number of rotatable bonds is 26. The molecule has 0 amide bonds. The summed E-state index contributed by atoms with van der Waals surface area (Å²) in [6.07, 6.45) is 30.5. The largest absolute Gasteiger partial charge is 0.622 e. The lowest BCUT2D eigenvalue weighted by atomic mass is 10.0. The van der Waals surface area contributed by atoms with Crippen LogP contribution in [-0.2, 0) is 4.79 Å². The van der Waals surface area contributed by atoms with Gasteiger partial charge in [-0.15, -0.1) is 0 Å². The number of aliphatic hydroxyl groups is 1. The molecular formula is C30H63N2O3P. The van der Waals surface area contributed by atoms with Crippen LogP contribution in [0.2, 0.25) is 0 Å². The van der Waals surface area contributed by atoms with Crippen molar-refractivity contribution in [2.24, 2.45) is 11.5 Å². The lowest BCUT2D eigenvalue weighted by Crippen LogP contribution is -2.17. The number of nitrogens with two attached hydrogens (primary N) is 2. The summed E-state index contributed by atoms with van der Waals surface area (Å²) in [5.41, 5.74) is 9.84. The number of unbranched alkanes of at least 4 members (excludes halogenated alkanes) is 21. The Hall–Kier alpha value is -0.320. The summed E-state index contributed by atoms with van der Waals surface area (Å²) in [6, 6.07) is 0. The van der Waals surface area contributed by atoms with Crippen LogP contribution >= 0.6 is 7.77 Å². The van der Waals surface area contributed by atoms with E-state index in [9.17, 15) is 14.8 Å². The van der Waals surface area contributed by atoms with Gasteiger partial charge in [0.15, 0.2) is 7.77 Å². The van der Waals surface area contributed by atoms with Crippen LogP contribution in [0, 0.1) is 0 Å². The Morgan fingerprint density at radius 1 is 0.583 bits per heavy atom. The average molecular weight is 531 g/mol. The minimum absolute atomic E-state index is 0.195. The quantitative estimate of drug-likeness (QED) is 0.0773. The molecule has 0 heterocycles. The molecule has 0 aromatic rings. The summed E-state index contributed by atoms with van der Waals surface area (Å²) < 4.78 is 0. The molecule has 0 spiro atoms. The van der Waals surface area contributed by atoms with Crippen LogP contribution in [0.4, 0.5) is 0 Å². The predicted molar refractivity (Wildman–Crippen MR) is 159 cm³/mol. The number of hydrogen-bond donors (Lipinski definition) is 3. The van der Waals surface area contributed by atoms with Gasteiger partial charge >= 0.3 is 5.52 Å².